The molecule has 0 spiro atoms. The van der Waals surface area contributed by atoms with Crippen molar-refractivity contribution in [2.75, 3.05) is 33.2 Å². The van der Waals surface area contributed by atoms with E-state index in [-0.39, 0.29) is 0 Å². The minimum Gasteiger partial charge on any atom is -0.307 e. The largest absolute Gasteiger partial charge is 0.307 e. The van der Waals surface area contributed by atoms with E-state index in [4.69, 9.17) is 8.75 Å². The van der Waals surface area contributed by atoms with Gasteiger partial charge in [0.1, 0.15) is 11.0 Å². The maximum Gasteiger partial charge on any atom is 0.114 e. The molecule has 4 rings (SSSR count). The zero-order chi connectivity index (χ0) is 23.2. The van der Waals surface area contributed by atoms with Gasteiger partial charge in [-0.1, -0.05) is 32.9 Å². The second-order valence-corrected chi connectivity index (χ2v) is 11.4. The zero-order valence-corrected chi connectivity index (χ0v) is 22.6. The third-order valence-electron chi connectivity index (χ3n) is 6.14. The van der Waals surface area contributed by atoms with E-state index in [2.05, 4.69) is 74.0 Å². The van der Waals surface area contributed by atoms with Crippen molar-refractivity contribution in [3.05, 3.63) is 46.2 Å². The number of thiophene rings is 2. The fourth-order valence-electron chi connectivity index (χ4n) is 4.10. The van der Waals surface area contributed by atoms with Crippen LogP contribution in [0.15, 0.2) is 36.4 Å². The van der Waals surface area contributed by atoms with Crippen LogP contribution in [0.1, 0.15) is 43.4 Å². The van der Waals surface area contributed by atoms with Gasteiger partial charge in [-0.05, 0) is 76.8 Å². The Balaban J connectivity index is 1.54. The number of hydrogen-bond donors (Lipinski definition) is 0. The van der Waals surface area contributed by atoms with Gasteiger partial charge in [0, 0.05) is 37.2 Å². The van der Waals surface area contributed by atoms with E-state index in [9.17, 15) is 0 Å². The van der Waals surface area contributed by atoms with Crippen LogP contribution >= 0.6 is 34.4 Å². The topological polar surface area (TPSA) is 32.3 Å². The monoisotopic (exact) mass is 498 g/mol. The highest BCUT2D eigenvalue weighted by Gasteiger charge is 2.16. The summed E-state index contributed by atoms with van der Waals surface area (Å²) in [6.07, 6.45) is 3.53. The molecule has 0 aliphatic rings. The average molecular weight is 499 g/mol. The summed E-state index contributed by atoms with van der Waals surface area (Å²) < 4.78 is 9.41. The van der Waals surface area contributed by atoms with Gasteiger partial charge in [0.05, 0.1) is 11.7 Å². The van der Waals surface area contributed by atoms with Gasteiger partial charge in [0.2, 0.25) is 0 Å². The molecule has 0 fully saturated rings. The Hall–Kier alpha value is -1.64. The number of aromatic nitrogens is 2. The molecule has 4 nitrogen and oxygen atoms in total. The van der Waals surface area contributed by atoms with Crippen LogP contribution in [0.5, 0.6) is 0 Å². The lowest BCUT2D eigenvalue weighted by Crippen LogP contribution is -2.22. The Bertz CT molecular complexity index is 1160. The van der Waals surface area contributed by atoms with Crippen LogP contribution in [0, 0.1) is 0 Å². The molecule has 3 heterocycles. The molecule has 0 bridgehead atoms. The first-order valence-corrected chi connectivity index (χ1v) is 14.3. The first kappa shape index (κ1) is 24.5. The van der Waals surface area contributed by atoms with Gasteiger partial charge in [-0.2, -0.15) is 8.75 Å². The average Bonchev–Trinajstić information content (AvgIpc) is 3.59. The quantitative estimate of drug-likeness (QED) is 0.206. The lowest BCUT2D eigenvalue weighted by Gasteiger charge is -2.18. The van der Waals surface area contributed by atoms with Crippen LogP contribution in [-0.2, 0) is 13.0 Å². The summed E-state index contributed by atoms with van der Waals surface area (Å²) in [6, 6.07) is 13.6. The highest BCUT2D eigenvalue weighted by Crippen LogP contribution is 2.39. The molecule has 0 saturated heterocycles. The molecule has 0 atom stereocenters. The molecule has 0 amide bonds. The molecule has 33 heavy (non-hydrogen) atoms. The highest BCUT2D eigenvalue weighted by molar-refractivity contribution is 7.16. The molecule has 0 aliphatic heterocycles. The van der Waals surface area contributed by atoms with Crippen LogP contribution in [0.2, 0.25) is 0 Å². The summed E-state index contributed by atoms with van der Waals surface area (Å²) in [6.45, 7) is 12.2. The Morgan fingerprint density at radius 1 is 0.758 bits per heavy atom. The van der Waals surface area contributed by atoms with Crippen molar-refractivity contribution < 1.29 is 0 Å². The standard InChI is InChI=1S/C26H34N4S3/c1-5-16-30(7-3)18-20-11-15-24(32-20)22-13-12-21(25-26(22)28-33-27-25)23-14-10-19(31-23)9-8-17-29(4)6-2/h10-15H,5-9,16-18H2,1-4H3. The molecule has 0 unspecified atom stereocenters. The maximum atomic E-state index is 4.71. The van der Waals surface area contributed by atoms with E-state index in [0.29, 0.717) is 0 Å². The predicted molar refractivity (Wildman–Crippen MR) is 147 cm³/mol. The van der Waals surface area contributed by atoms with Crippen LogP contribution < -0.4 is 0 Å². The minimum absolute atomic E-state index is 1.03. The maximum absolute atomic E-state index is 4.71. The summed E-state index contributed by atoms with van der Waals surface area (Å²) >= 11 is 5.11. The van der Waals surface area contributed by atoms with Gasteiger partial charge < -0.3 is 4.90 Å². The molecule has 0 aliphatic carbocycles. The van der Waals surface area contributed by atoms with Gasteiger partial charge in [0.15, 0.2) is 0 Å². The predicted octanol–water partition coefficient (Wildman–Crippen LogP) is 7.26. The number of rotatable bonds is 12. The third kappa shape index (κ3) is 5.89. The first-order chi connectivity index (χ1) is 16.1. The fraction of sp³-hybridized carbons (Fsp3) is 0.462. The summed E-state index contributed by atoms with van der Waals surface area (Å²) in [5.41, 5.74) is 4.48. The molecular formula is C26H34N4S3. The smallest absolute Gasteiger partial charge is 0.114 e. The molecule has 176 valence electrons. The molecule has 1 aromatic carbocycles. The number of nitrogens with zero attached hydrogens (tertiary/aromatic N) is 4. The molecule has 7 heteroatoms. The van der Waals surface area contributed by atoms with E-state index in [1.54, 1.807) is 0 Å². The van der Waals surface area contributed by atoms with Crippen molar-refractivity contribution in [2.45, 2.75) is 46.6 Å². The van der Waals surface area contributed by atoms with Crippen molar-refractivity contribution in [3.8, 4) is 20.9 Å². The number of benzene rings is 1. The summed E-state index contributed by atoms with van der Waals surface area (Å²) in [5, 5.41) is 0. The number of hydrogen-bond acceptors (Lipinski definition) is 7. The lowest BCUT2D eigenvalue weighted by molar-refractivity contribution is 0.283. The Kier molecular flexibility index (Phi) is 8.66. The lowest BCUT2D eigenvalue weighted by atomic mass is 10.1. The molecule has 0 saturated carbocycles. The molecule has 0 N–H and O–H groups in total. The summed E-state index contributed by atoms with van der Waals surface area (Å²) in [5.74, 6) is 0. The van der Waals surface area contributed by atoms with Gasteiger partial charge in [-0.15, -0.1) is 22.7 Å². The summed E-state index contributed by atoms with van der Waals surface area (Å²) in [7, 11) is 2.19. The molecule has 3 aromatic heterocycles. The Morgan fingerprint density at radius 3 is 2.00 bits per heavy atom. The first-order valence-electron chi connectivity index (χ1n) is 12.0. The van der Waals surface area contributed by atoms with E-state index in [1.807, 2.05) is 22.7 Å². The Morgan fingerprint density at radius 2 is 1.39 bits per heavy atom. The van der Waals surface area contributed by atoms with E-state index < -0.39 is 0 Å². The fourth-order valence-corrected chi connectivity index (χ4v) is 6.82. The van der Waals surface area contributed by atoms with Crippen LogP contribution in [0.3, 0.4) is 0 Å². The highest BCUT2D eigenvalue weighted by atomic mass is 32.1. The Labute approximate surface area is 210 Å². The van der Waals surface area contributed by atoms with Crippen LogP contribution in [-0.4, -0.2) is 51.8 Å². The van der Waals surface area contributed by atoms with Crippen LogP contribution in [0.25, 0.3) is 31.9 Å². The van der Waals surface area contributed by atoms with Gasteiger partial charge in [-0.3, -0.25) is 4.90 Å². The molecule has 0 radical (unpaired) electrons. The van der Waals surface area contributed by atoms with Crippen LogP contribution in [0.4, 0.5) is 0 Å². The van der Waals surface area contributed by atoms with Gasteiger partial charge in [0.25, 0.3) is 0 Å². The molecule has 4 aromatic rings. The normalized spacial score (nSPS) is 11.9. The third-order valence-corrected chi connectivity index (χ3v) is 8.95. The van der Waals surface area contributed by atoms with Crippen molar-refractivity contribution in [2.24, 2.45) is 0 Å². The van der Waals surface area contributed by atoms with E-state index in [0.717, 1.165) is 50.2 Å². The number of aryl methyl sites for hydroxylation is 1. The molecular weight excluding hydrogens is 465 g/mol. The minimum atomic E-state index is 1.03. The summed E-state index contributed by atoms with van der Waals surface area (Å²) in [4.78, 5) is 10.3. The second kappa shape index (κ2) is 11.7. The van der Waals surface area contributed by atoms with Crippen molar-refractivity contribution in [1.82, 2.24) is 18.5 Å². The van der Waals surface area contributed by atoms with Crippen molar-refractivity contribution >= 4 is 45.4 Å². The van der Waals surface area contributed by atoms with E-state index >= 15 is 0 Å². The zero-order valence-electron chi connectivity index (χ0n) is 20.1. The van der Waals surface area contributed by atoms with Gasteiger partial charge in [-0.25, -0.2) is 0 Å². The second-order valence-electron chi connectivity index (χ2n) is 8.52. The van der Waals surface area contributed by atoms with Crippen molar-refractivity contribution in [1.29, 1.82) is 0 Å². The van der Waals surface area contributed by atoms with Crippen molar-refractivity contribution in [3.63, 3.8) is 0 Å². The SMILES string of the molecule is CCCN(CC)Cc1ccc(-c2ccc(-c3ccc(CCCN(C)CC)s3)c3nsnc23)s1. The van der Waals surface area contributed by atoms with E-state index in [1.165, 1.54) is 55.2 Å². The number of fused-ring (bicyclic) bond motifs is 1. The van der Waals surface area contributed by atoms with Gasteiger partial charge >= 0.3 is 0 Å².